The minimum absolute atomic E-state index is 0.461. The monoisotopic (exact) mass is 485 g/mol. The molecule has 0 N–H and O–H groups in total. The van der Waals surface area contributed by atoms with Crippen LogP contribution in [0.15, 0.2) is 95.4 Å². The van der Waals surface area contributed by atoms with Crippen LogP contribution in [0.1, 0.15) is 36.5 Å². The fraction of sp³-hybridized carbons (Fsp3) is 0.156. The number of hydrogen-bond donors (Lipinski definition) is 0. The first kappa shape index (κ1) is 22.9. The summed E-state index contributed by atoms with van der Waals surface area (Å²) in [4.78, 5) is 14.6. The SMILES string of the molecule is Cc1cc(-c2cccc3c2oc2nc(C)ccc23)nc(C(C)(C)c2cccc(Oc3ccccc3)n2)c1. The fourth-order valence-electron chi connectivity index (χ4n) is 4.66. The molecule has 5 heteroatoms. The Kier molecular flexibility index (Phi) is 5.49. The van der Waals surface area contributed by atoms with E-state index in [1.54, 1.807) is 0 Å². The van der Waals surface area contributed by atoms with Crippen LogP contribution in [0, 0.1) is 13.8 Å². The smallest absolute Gasteiger partial charge is 0.227 e. The average Bonchev–Trinajstić information content (AvgIpc) is 3.26. The van der Waals surface area contributed by atoms with Gasteiger partial charge in [0.05, 0.1) is 17.1 Å². The van der Waals surface area contributed by atoms with Gasteiger partial charge in [0, 0.05) is 33.5 Å². The van der Waals surface area contributed by atoms with Crippen molar-refractivity contribution in [2.75, 3.05) is 0 Å². The molecule has 0 bridgehead atoms. The van der Waals surface area contributed by atoms with Crippen molar-refractivity contribution < 1.29 is 9.15 Å². The van der Waals surface area contributed by atoms with E-state index >= 15 is 0 Å². The molecule has 0 atom stereocenters. The summed E-state index contributed by atoms with van der Waals surface area (Å²) >= 11 is 0. The average molecular weight is 486 g/mol. The molecule has 0 saturated carbocycles. The number of rotatable bonds is 5. The largest absolute Gasteiger partial charge is 0.439 e. The molecule has 0 aliphatic rings. The van der Waals surface area contributed by atoms with Crippen molar-refractivity contribution in [3.63, 3.8) is 0 Å². The molecule has 0 spiro atoms. The van der Waals surface area contributed by atoms with E-state index in [9.17, 15) is 0 Å². The minimum Gasteiger partial charge on any atom is -0.439 e. The molecule has 0 fully saturated rings. The standard InChI is InChI=1S/C32H27N3O2/c1-20-18-26(25-13-8-12-23-24-17-16-21(2)33-31(24)37-30(23)25)34-28(19-20)32(3,4)27-14-9-15-29(35-27)36-22-10-6-5-7-11-22/h5-19H,1-4H3. The summed E-state index contributed by atoms with van der Waals surface area (Å²) in [5.41, 5.74) is 6.65. The maximum Gasteiger partial charge on any atom is 0.227 e. The molecule has 6 aromatic rings. The Balaban J connectivity index is 1.43. The molecule has 0 unspecified atom stereocenters. The normalized spacial score (nSPS) is 11.8. The highest BCUT2D eigenvalue weighted by Crippen LogP contribution is 2.37. The third kappa shape index (κ3) is 4.23. The molecule has 5 nitrogen and oxygen atoms in total. The predicted octanol–water partition coefficient (Wildman–Crippen LogP) is 8.17. The zero-order valence-corrected chi connectivity index (χ0v) is 21.3. The van der Waals surface area contributed by atoms with Crippen LogP contribution in [0.5, 0.6) is 11.6 Å². The van der Waals surface area contributed by atoms with Gasteiger partial charge in [-0.1, -0.05) is 36.4 Å². The van der Waals surface area contributed by atoms with Crippen LogP contribution in [-0.4, -0.2) is 15.0 Å². The van der Waals surface area contributed by atoms with Crippen LogP contribution in [0.25, 0.3) is 33.3 Å². The van der Waals surface area contributed by atoms with Crippen molar-refractivity contribution in [3.05, 3.63) is 114 Å². The van der Waals surface area contributed by atoms with Gasteiger partial charge < -0.3 is 9.15 Å². The first-order valence-corrected chi connectivity index (χ1v) is 12.4. The van der Waals surface area contributed by atoms with E-state index in [-0.39, 0.29) is 0 Å². The zero-order valence-electron chi connectivity index (χ0n) is 21.3. The number of benzene rings is 2. The molecule has 4 heterocycles. The molecule has 6 rings (SSSR count). The first-order valence-electron chi connectivity index (χ1n) is 12.4. The van der Waals surface area contributed by atoms with Crippen LogP contribution in [0.2, 0.25) is 0 Å². The number of furan rings is 1. The van der Waals surface area contributed by atoms with E-state index in [0.29, 0.717) is 11.6 Å². The van der Waals surface area contributed by atoms with Gasteiger partial charge >= 0.3 is 0 Å². The summed E-state index contributed by atoms with van der Waals surface area (Å²) in [6, 6.07) is 30.1. The summed E-state index contributed by atoms with van der Waals surface area (Å²) in [5.74, 6) is 1.31. The number of hydrogen-bond acceptors (Lipinski definition) is 5. The molecule has 4 aromatic heterocycles. The number of nitrogens with zero attached hydrogens (tertiary/aromatic N) is 3. The number of aromatic nitrogens is 3. The lowest BCUT2D eigenvalue weighted by molar-refractivity contribution is 0.454. The summed E-state index contributed by atoms with van der Waals surface area (Å²) in [6.07, 6.45) is 0. The molecule has 0 saturated heterocycles. The number of para-hydroxylation sites is 2. The van der Waals surface area contributed by atoms with Gasteiger partial charge in [0.2, 0.25) is 11.6 Å². The van der Waals surface area contributed by atoms with Crippen molar-refractivity contribution in [3.8, 4) is 22.9 Å². The maximum atomic E-state index is 6.26. The molecular formula is C32H27N3O2. The van der Waals surface area contributed by atoms with Crippen LogP contribution < -0.4 is 4.74 Å². The summed E-state index contributed by atoms with van der Waals surface area (Å²) in [7, 11) is 0. The third-order valence-electron chi connectivity index (χ3n) is 6.72. The van der Waals surface area contributed by atoms with Gasteiger partial charge in [0.1, 0.15) is 11.3 Å². The highest BCUT2D eigenvalue weighted by Gasteiger charge is 2.28. The Labute approximate surface area is 215 Å². The molecule has 182 valence electrons. The molecule has 0 radical (unpaired) electrons. The lowest BCUT2D eigenvalue weighted by Gasteiger charge is -2.25. The lowest BCUT2D eigenvalue weighted by Crippen LogP contribution is -2.22. The zero-order chi connectivity index (χ0) is 25.6. The van der Waals surface area contributed by atoms with Gasteiger partial charge in [-0.05, 0) is 81.8 Å². The van der Waals surface area contributed by atoms with Gasteiger partial charge in [-0.2, -0.15) is 0 Å². The Morgan fingerprint density at radius 3 is 2.35 bits per heavy atom. The van der Waals surface area contributed by atoms with Gasteiger partial charge in [0.15, 0.2) is 0 Å². The van der Waals surface area contributed by atoms with Crippen molar-refractivity contribution >= 4 is 22.1 Å². The second kappa shape index (κ2) is 8.86. The Morgan fingerprint density at radius 2 is 1.51 bits per heavy atom. The van der Waals surface area contributed by atoms with E-state index in [4.69, 9.17) is 19.1 Å². The highest BCUT2D eigenvalue weighted by molar-refractivity contribution is 6.08. The van der Waals surface area contributed by atoms with Gasteiger partial charge in [0.25, 0.3) is 0 Å². The van der Waals surface area contributed by atoms with Crippen LogP contribution in [0.3, 0.4) is 0 Å². The lowest BCUT2D eigenvalue weighted by atomic mass is 9.83. The molecule has 0 amide bonds. The maximum absolute atomic E-state index is 6.26. The van der Waals surface area contributed by atoms with Gasteiger partial charge in [-0.3, -0.25) is 4.98 Å². The van der Waals surface area contributed by atoms with Crippen LogP contribution in [-0.2, 0) is 5.41 Å². The molecule has 2 aromatic carbocycles. The van der Waals surface area contributed by atoms with Crippen LogP contribution in [0.4, 0.5) is 0 Å². The number of ether oxygens (including phenoxy) is 1. The quantitative estimate of drug-likeness (QED) is 0.246. The number of pyridine rings is 3. The molecule has 0 aliphatic carbocycles. The van der Waals surface area contributed by atoms with Gasteiger partial charge in [-0.25, -0.2) is 9.97 Å². The van der Waals surface area contributed by atoms with Crippen LogP contribution >= 0.6 is 0 Å². The summed E-state index contributed by atoms with van der Waals surface area (Å²) in [6.45, 7) is 8.35. The molecule has 37 heavy (non-hydrogen) atoms. The van der Waals surface area contributed by atoms with Crippen molar-refractivity contribution in [2.24, 2.45) is 0 Å². The Bertz CT molecular complexity index is 1750. The van der Waals surface area contributed by atoms with Gasteiger partial charge in [-0.15, -0.1) is 0 Å². The number of fused-ring (bicyclic) bond motifs is 3. The third-order valence-corrected chi connectivity index (χ3v) is 6.72. The van der Waals surface area contributed by atoms with E-state index in [1.165, 1.54) is 0 Å². The Morgan fingerprint density at radius 1 is 0.703 bits per heavy atom. The number of aryl methyl sites for hydroxylation is 2. The van der Waals surface area contributed by atoms with Crippen molar-refractivity contribution in [2.45, 2.75) is 33.1 Å². The molecular weight excluding hydrogens is 458 g/mol. The van der Waals surface area contributed by atoms with E-state index < -0.39 is 5.41 Å². The predicted molar refractivity (Wildman–Crippen MR) is 147 cm³/mol. The minimum atomic E-state index is -0.461. The second-order valence-electron chi connectivity index (χ2n) is 9.91. The topological polar surface area (TPSA) is 61.0 Å². The fourth-order valence-corrected chi connectivity index (χ4v) is 4.66. The molecule has 0 aliphatic heterocycles. The second-order valence-corrected chi connectivity index (χ2v) is 9.91. The van der Waals surface area contributed by atoms with E-state index in [0.717, 1.165) is 56.0 Å². The highest BCUT2D eigenvalue weighted by atomic mass is 16.5. The van der Waals surface area contributed by atoms with E-state index in [1.807, 2.05) is 67.6 Å². The first-order chi connectivity index (χ1) is 17.9. The van der Waals surface area contributed by atoms with E-state index in [2.05, 4.69) is 56.1 Å². The van der Waals surface area contributed by atoms with Crippen molar-refractivity contribution in [1.82, 2.24) is 15.0 Å². The Hall–Kier alpha value is -4.51. The van der Waals surface area contributed by atoms with Crippen molar-refractivity contribution in [1.29, 1.82) is 0 Å². The summed E-state index contributed by atoms with van der Waals surface area (Å²) < 4.78 is 12.3. The summed E-state index contributed by atoms with van der Waals surface area (Å²) in [5, 5.41) is 2.05.